The summed E-state index contributed by atoms with van der Waals surface area (Å²) in [6.07, 6.45) is 5.89. The number of unbranched alkanes of at least 4 members (excludes halogenated alkanes) is 1. The Morgan fingerprint density at radius 3 is 2.69 bits per heavy atom. The van der Waals surface area contributed by atoms with Gasteiger partial charge in [0, 0.05) is 18.0 Å². The second-order valence-corrected chi connectivity index (χ2v) is 9.21. The van der Waals surface area contributed by atoms with Crippen molar-refractivity contribution in [2.45, 2.75) is 65.8 Å². The number of hydrogen-bond acceptors (Lipinski definition) is 5. The predicted molar refractivity (Wildman–Crippen MR) is 118 cm³/mol. The molecule has 8 heteroatoms. The molecule has 0 aromatic carbocycles. The van der Waals surface area contributed by atoms with E-state index in [-0.39, 0.29) is 23.3 Å². The SMILES string of the molecule is CCCCN(C(=O)c1cc2c(s1)CCCC2)c1c(N)n(CC(C)C)c(=O)[nH]c1=O. The highest BCUT2D eigenvalue weighted by Gasteiger charge is 2.27. The lowest BCUT2D eigenvalue weighted by Gasteiger charge is -2.24. The Labute approximate surface area is 174 Å². The molecule has 0 saturated carbocycles. The maximum Gasteiger partial charge on any atom is 0.330 e. The summed E-state index contributed by atoms with van der Waals surface area (Å²) in [6.45, 7) is 6.71. The number of nitrogen functional groups attached to an aromatic ring is 1. The second kappa shape index (κ2) is 8.98. The molecule has 0 fully saturated rings. The summed E-state index contributed by atoms with van der Waals surface area (Å²) in [7, 11) is 0. The number of aromatic amines is 1. The molecule has 0 spiro atoms. The van der Waals surface area contributed by atoms with Gasteiger partial charge in [-0.2, -0.15) is 0 Å². The summed E-state index contributed by atoms with van der Waals surface area (Å²) >= 11 is 1.52. The van der Waals surface area contributed by atoms with Crippen LogP contribution in [-0.2, 0) is 19.4 Å². The van der Waals surface area contributed by atoms with E-state index >= 15 is 0 Å². The topological polar surface area (TPSA) is 101 Å². The molecule has 2 heterocycles. The van der Waals surface area contributed by atoms with Crippen LogP contribution in [0, 0.1) is 5.92 Å². The van der Waals surface area contributed by atoms with Crippen LogP contribution in [0.25, 0.3) is 0 Å². The summed E-state index contributed by atoms with van der Waals surface area (Å²) in [4.78, 5) is 44.1. The number of aromatic nitrogens is 2. The Bertz CT molecular complexity index is 979. The number of H-pyrrole nitrogens is 1. The second-order valence-electron chi connectivity index (χ2n) is 8.07. The minimum Gasteiger partial charge on any atom is -0.383 e. The molecule has 3 rings (SSSR count). The van der Waals surface area contributed by atoms with Gasteiger partial charge in [-0.3, -0.25) is 24.0 Å². The van der Waals surface area contributed by atoms with Gasteiger partial charge in [0.15, 0.2) is 5.69 Å². The fraction of sp³-hybridized carbons (Fsp3) is 0.571. The Kier molecular flexibility index (Phi) is 6.62. The van der Waals surface area contributed by atoms with Crippen LogP contribution in [0.5, 0.6) is 0 Å². The van der Waals surface area contributed by atoms with Crippen molar-refractivity contribution in [1.29, 1.82) is 0 Å². The first-order valence-corrected chi connectivity index (χ1v) is 11.2. The van der Waals surface area contributed by atoms with Crippen LogP contribution < -0.4 is 21.9 Å². The third kappa shape index (κ3) is 4.47. The number of nitrogens with one attached hydrogen (secondary N) is 1. The number of fused-ring (bicyclic) bond motifs is 1. The highest BCUT2D eigenvalue weighted by atomic mass is 32.1. The lowest BCUT2D eigenvalue weighted by atomic mass is 9.99. The van der Waals surface area contributed by atoms with Gasteiger partial charge >= 0.3 is 5.69 Å². The van der Waals surface area contributed by atoms with Gasteiger partial charge in [0.1, 0.15) is 5.82 Å². The molecule has 2 aromatic heterocycles. The van der Waals surface area contributed by atoms with Crippen LogP contribution in [0.1, 0.15) is 66.6 Å². The van der Waals surface area contributed by atoms with Gasteiger partial charge in [0.25, 0.3) is 11.5 Å². The van der Waals surface area contributed by atoms with E-state index in [4.69, 9.17) is 5.73 Å². The van der Waals surface area contributed by atoms with E-state index < -0.39 is 11.2 Å². The van der Waals surface area contributed by atoms with E-state index in [1.807, 2.05) is 26.8 Å². The van der Waals surface area contributed by atoms with Gasteiger partial charge < -0.3 is 5.73 Å². The van der Waals surface area contributed by atoms with Crippen LogP contribution in [0.15, 0.2) is 15.7 Å². The first-order chi connectivity index (χ1) is 13.8. The molecule has 0 aliphatic heterocycles. The number of carbonyl (C=O) groups is 1. The van der Waals surface area contributed by atoms with Crippen molar-refractivity contribution in [1.82, 2.24) is 9.55 Å². The van der Waals surface area contributed by atoms with Gasteiger partial charge in [-0.05, 0) is 49.7 Å². The van der Waals surface area contributed by atoms with E-state index in [1.165, 1.54) is 31.2 Å². The number of rotatable bonds is 7. The zero-order chi connectivity index (χ0) is 21.1. The Morgan fingerprint density at radius 2 is 2.03 bits per heavy atom. The minimum absolute atomic E-state index is 0.0539. The fourth-order valence-electron chi connectivity index (χ4n) is 3.74. The van der Waals surface area contributed by atoms with Crippen molar-refractivity contribution in [2.75, 3.05) is 17.2 Å². The van der Waals surface area contributed by atoms with Crippen molar-refractivity contribution in [2.24, 2.45) is 5.92 Å². The van der Waals surface area contributed by atoms with Gasteiger partial charge in [0.05, 0.1) is 4.88 Å². The lowest BCUT2D eigenvalue weighted by molar-refractivity contribution is 0.0990. The Morgan fingerprint density at radius 1 is 1.31 bits per heavy atom. The zero-order valence-corrected chi connectivity index (χ0v) is 18.2. The van der Waals surface area contributed by atoms with Crippen molar-refractivity contribution in [3.8, 4) is 0 Å². The molecular formula is C21H30N4O3S. The summed E-state index contributed by atoms with van der Waals surface area (Å²) in [6, 6.07) is 1.97. The zero-order valence-electron chi connectivity index (χ0n) is 17.4. The lowest BCUT2D eigenvalue weighted by Crippen LogP contribution is -2.41. The van der Waals surface area contributed by atoms with Gasteiger partial charge in [-0.15, -0.1) is 11.3 Å². The number of amides is 1. The maximum absolute atomic E-state index is 13.4. The molecule has 0 saturated heterocycles. The molecule has 0 atom stereocenters. The van der Waals surface area contributed by atoms with Gasteiger partial charge in [0.2, 0.25) is 0 Å². The van der Waals surface area contributed by atoms with Crippen LogP contribution in [0.4, 0.5) is 11.5 Å². The third-order valence-corrected chi connectivity index (χ3v) is 6.44. The summed E-state index contributed by atoms with van der Waals surface area (Å²) in [5, 5.41) is 0. The monoisotopic (exact) mass is 418 g/mol. The molecule has 0 radical (unpaired) electrons. The molecule has 158 valence electrons. The molecular weight excluding hydrogens is 388 g/mol. The molecule has 0 bridgehead atoms. The van der Waals surface area contributed by atoms with E-state index in [0.717, 1.165) is 38.5 Å². The van der Waals surface area contributed by atoms with Crippen molar-refractivity contribution >= 4 is 28.7 Å². The summed E-state index contributed by atoms with van der Waals surface area (Å²) < 4.78 is 1.35. The van der Waals surface area contributed by atoms with E-state index in [2.05, 4.69) is 4.98 Å². The van der Waals surface area contributed by atoms with E-state index in [0.29, 0.717) is 18.0 Å². The van der Waals surface area contributed by atoms with Crippen LogP contribution in [0.2, 0.25) is 0 Å². The average molecular weight is 419 g/mol. The first-order valence-electron chi connectivity index (χ1n) is 10.4. The van der Waals surface area contributed by atoms with Crippen LogP contribution >= 0.6 is 11.3 Å². The largest absolute Gasteiger partial charge is 0.383 e. The number of aryl methyl sites for hydroxylation is 2. The van der Waals surface area contributed by atoms with Crippen molar-refractivity contribution in [3.05, 3.63) is 42.2 Å². The number of nitrogens with two attached hydrogens (primary N) is 1. The molecule has 3 N–H and O–H groups in total. The Hall–Kier alpha value is -2.35. The summed E-state index contributed by atoms with van der Waals surface area (Å²) in [5.74, 6) is 0.000541. The number of hydrogen-bond donors (Lipinski definition) is 2. The fourth-order valence-corrected chi connectivity index (χ4v) is 4.95. The normalized spacial score (nSPS) is 13.5. The number of nitrogens with zero attached hydrogens (tertiary/aromatic N) is 2. The predicted octanol–water partition coefficient (Wildman–Crippen LogP) is 3.16. The molecule has 2 aromatic rings. The highest BCUT2D eigenvalue weighted by Crippen LogP contribution is 2.31. The van der Waals surface area contributed by atoms with Gasteiger partial charge in [-0.25, -0.2) is 4.79 Å². The number of anilines is 2. The number of carbonyl (C=O) groups excluding carboxylic acids is 1. The first kappa shape index (κ1) is 21.4. The quantitative estimate of drug-likeness (QED) is 0.721. The number of thiophene rings is 1. The Balaban J connectivity index is 2.07. The average Bonchev–Trinajstić information content (AvgIpc) is 3.11. The van der Waals surface area contributed by atoms with Crippen LogP contribution in [-0.4, -0.2) is 22.0 Å². The van der Waals surface area contributed by atoms with Crippen LogP contribution in [0.3, 0.4) is 0 Å². The molecule has 1 amide bonds. The molecule has 0 unspecified atom stereocenters. The molecule has 7 nitrogen and oxygen atoms in total. The minimum atomic E-state index is -0.613. The molecule has 1 aliphatic carbocycles. The highest BCUT2D eigenvalue weighted by molar-refractivity contribution is 7.14. The van der Waals surface area contributed by atoms with E-state index in [9.17, 15) is 14.4 Å². The maximum atomic E-state index is 13.4. The standard InChI is InChI=1S/C21H30N4O3S/c1-4-5-10-24(20(27)16-11-14-8-6-7-9-15(14)29-16)17-18(22)25(12-13(2)3)21(28)23-19(17)26/h11,13H,4-10,12,22H2,1-3H3,(H,23,26,28). The van der Waals surface area contributed by atoms with Crippen molar-refractivity contribution < 1.29 is 4.79 Å². The smallest absolute Gasteiger partial charge is 0.330 e. The molecule has 29 heavy (non-hydrogen) atoms. The van der Waals surface area contributed by atoms with Gasteiger partial charge in [-0.1, -0.05) is 27.2 Å². The van der Waals surface area contributed by atoms with E-state index in [1.54, 1.807) is 0 Å². The molecule has 1 aliphatic rings. The third-order valence-electron chi connectivity index (χ3n) is 5.22. The van der Waals surface area contributed by atoms with Crippen molar-refractivity contribution in [3.63, 3.8) is 0 Å². The summed E-state index contributed by atoms with van der Waals surface area (Å²) in [5.41, 5.74) is 6.44.